The highest BCUT2D eigenvalue weighted by atomic mass is 16.6. The number of rotatable bonds is 11. The lowest BCUT2D eigenvalue weighted by atomic mass is 9.95. The summed E-state index contributed by atoms with van der Waals surface area (Å²) in [5.41, 5.74) is 21.2. The first-order valence-corrected chi connectivity index (χ1v) is 14.7. The third kappa shape index (κ3) is 5.49. The van der Waals surface area contributed by atoms with Gasteiger partial charge in [-0.25, -0.2) is 0 Å². The number of esters is 2. The van der Waals surface area contributed by atoms with E-state index in [-0.39, 0.29) is 24.7 Å². The first-order chi connectivity index (χ1) is 21.0. The summed E-state index contributed by atoms with van der Waals surface area (Å²) >= 11 is 0. The van der Waals surface area contributed by atoms with E-state index in [1.807, 2.05) is 84.9 Å². The van der Waals surface area contributed by atoms with Crippen molar-refractivity contribution in [3.8, 4) is 22.3 Å². The zero-order chi connectivity index (χ0) is 29.9. The lowest BCUT2D eigenvalue weighted by Crippen LogP contribution is -2.36. The molecule has 6 rings (SSSR count). The zero-order valence-electron chi connectivity index (χ0n) is 23.7. The van der Waals surface area contributed by atoms with Gasteiger partial charge in [-0.2, -0.15) is 0 Å². The molecule has 0 saturated carbocycles. The number of hydrogen-bond donors (Lipinski definition) is 2. The molecule has 0 aliphatic heterocycles. The fourth-order valence-corrected chi connectivity index (χ4v) is 6.54. The van der Waals surface area contributed by atoms with Crippen molar-refractivity contribution in [3.05, 3.63) is 119 Å². The van der Waals surface area contributed by atoms with E-state index in [9.17, 15) is 14.4 Å². The van der Waals surface area contributed by atoms with E-state index in [0.29, 0.717) is 19.1 Å². The van der Waals surface area contributed by atoms with Gasteiger partial charge in [-0.3, -0.25) is 21.1 Å². The molecule has 3 unspecified atom stereocenters. The van der Waals surface area contributed by atoms with Crippen LogP contribution in [0.25, 0.3) is 22.3 Å². The molecule has 0 aromatic heterocycles. The van der Waals surface area contributed by atoms with E-state index in [1.165, 1.54) is 0 Å². The molecule has 43 heavy (non-hydrogen) atoms. The van der Waals surface area contributed by atoms with Crippen LogP contribution in [0.15, 0.2) is 97.1 Å². The summed E-state index contributed by atoms with van der Waals surface area (Å²) in [6.07, 6.45) is 0.0900. The summed E-state index contributed by atoms with van der Waals surface area (Å²) < 4.78 is 11.3. The van der Waals surface area contributed by atoms with Gasteiger partial charge in [-0.1, -0.05) is 103 Å². The summed E-state index contributed by atoms with van der Waals surface area (Å²) in [6.45, 7) is 0. The summed E-state index contributed by atoms with van der Waals surface area (Å²) in [4.78, 5) is 37.5. The van der Waals surface area contributed by atoms with Crippen molar-refractivity contribution >= 4 is 18.2 Å². The topological polar surface area (TPSA) is 122 Å². The molecule has 7 heteroatoms. The average Bonchev–Trinajstić information content (AvgIpc) is 3.54. The quantitative estimate of drug-likeness (QED) is 0.0781. The Morgan fingerprint density at radius 1 is 0.628 bits per heavy atom. The van der Waals surface area contributed by atoms with Crippen molar-refractivity contribution in [2.75, 3.05) is 0 Å². The molecule has 4 aromatic carbocycles. The van der Waals surface area contributed by atoms with Crippen LogP contribution >= 0.6 is 0 Å². The van der Waals surface area contributed by atoms with Crippen LogP contribution in [0.3, 0.4) is 0 Å². The summed E-state index contributed by atoms with van der Waals surface area (Å²) in [5.74, 6) is -2.61. The van der Waals surface area contributed by atoms with Crippen LogP contribution in [-0.2, 0) is 23.9 Å². The number of unbranched alkanes of at least 4 members (excludes halogenated alkanes) is 1. The van der Waals surface area contributed by atoms with Gasteiger partial charge in [0.2, 0.25) is 0 Å². The smallest absolute Gasteiger partial charge is 0.317 e. The first-order valence-electron chi connectivity index (χ1n) is 14.7. The van der Waals surface area contributed by atoms with E-state index in [2.05, 4.69) is 12.1 Å². The molecule has 0 spiro atoms. The van der Waals surface area contributed by atoms with Crippen LogP contribution in [0.2, 0.25) is 0 Å². The fourth-order valence-electron chi connectivity index (χ4n) is 6.54. The monoisotopic (exact) mass is 574 g/mol. The van der Waals surface area contributed by atoms with Crippen molar-refractivity contribution < 1.29 is 23.9 Å². The Labute approximate surface area is 250 Å². The highest BCUT2D eigenvalue weighted by molar-refractivity contribution is 5.88. The summed E-state index contributed by atoms with van der Waals surface area (Å²) in [5, 5.41) is 0. The minimum absolute atomic E-state index is 0.124. The molecule has 0 saturated heterocycles. The normalized spacial score (nSPS) is 15.4. The van der Waals surface area contributed by atoms with E-state index >= 15 is 0 Å². The van der Waals surface area contributed by atoms with E-state index in [4.69, 9.17) is 20.9 Å². The highest BCUT2D eigenvalue weighted by Crippen LogP contribution is 2.47. The van der Waals surface area contributed by atoms with Crippen molar-refractivity contribution in [1.82, 2.24) is 0 Å². The number of aldehydes is 1. The van der Waals surface area contributed by atoms with Gasteiger partial charge >= 0.3 is 11.9 Å². The Morgan fingerprint density at radius 2 is 1.02 bits per heavy atom. The van der Waals surface area contributed by atoms with Crippen LogP contribution in [0.5, 0.6) is 0 Å². The van der Waals surface area contributed by atoms with Crippen molar-refractivity contribution in [1.29, 1.82) is 0 Å². The maximum absolute atomic E-state index is 12.9. The van der Waals surface area contributed by atoms with E-state index in [1.54, 1.807) is 0 Å². The Kier molecular flexibility index (Phi) is 8.18. The molecule has 0 radical (unpaired) electrons. The molecule has 4 aromatic rings. The Balaban J connectivity index is 1.00. The maximum Gasteiger partial charge on any atom is 0.317 e. The third-order valence-electron chi connectivity index (χ3n) is 8.55. The first kappa shape index (κ1) is 28.5. The molecular formula is C36H34N2O5. The Hall–Kier alpha value is -4.59. The standard InChI is InChI=1S/C36H34N2O5/c37-34(32-27-16-6-2-12-23(27)24-13-3-7-17-28(24)32)42-31(40)20-10-1-11-22(21-39)36(41)43-35(38)33-29-18-8-4-14-25(29)26-15-5-9-19-30(26)33/h2-9,12-19,21-22,32-35H,1,10-11,20,37-38H2. The second kappa shape index (κ2) is 12.3. The molecule has 0 amide bonds. The average molecular weight is 575 g/mol. The number of carbonyl (C=O) groups excluding carboxylic acids is 3. The van der Waals surface area contributed by atoms with Crippen LogP contribution in [0.4, 0.5) is 0 Å². The van der Waals surface area contributed by atoms with Crippen molar-refractivity contribution in [2.45, 2.75) is 50.0 Å². The predicted octanol–water partition coefficient (Wildman–Crippen LogP) is 5.64. The van der Waals surface area contributed by atoms with Gasteiger partial charge in [-0.15, -0.1) is 0 Å². The molecule has 2 aliphatic rings. The van der Waals surface area contributed by atoms with E-state index in [0.717, 1.165) is 44.5 Å². The molecule has 4 N–H and O–H groups in total. The van der Waals surface area contributed by atoms with Gasteiger partial charge in [-0.05, 0) is 57.3 Å². The van der Waals surface area contributed by atoms with Gasteiger partial charge in [0.05, 0.1) is 11.8 Å². The molecule has 0 heterocycles. The molecule has 0 fully saturated rings. The molecule has 2 aliphatic carbocycles. The van der Waals surface area contributed by atoms with Gasteiger partial charge < -0.3 is 14.3 Å². The summed E-state index contributed by atoms with van der Waals surface area (Å²) in [6, 6.07) is 31.8. The number of carbonyl (C=O) groups is 3. The lowest BCUT2D eigenvalue weighted by Gasteiger charge is -2.23. The number of fused-ring (bicyclic) bond motifs is 6. The number of nitrogens with two attached hydrogens (primary N) is 2. The largest absolute Gasteiger partial charge is 0.446 e. The zero-order valence-corrected chi connectivity index (χ0v) is 23.7. The van der Waals surface area contributed by atoms with Crippen molar-refractivity contribution in [2.24, 2.45) is 17.4 Å². The van der Waals surface area contributed by atoms with Crippen LogP contribution in [0.1, 0.15) is 59.8 Å². The molecule has 7 nitrogen and oxygen atoms in total. The van der Waals surface area contributed by atoms with Crippen molar-refractivity contribution in [3.63, 3.8) is 0 Å². The molecule has 3 atom stereocenters. The number of benzene rings is 4. The number of ether oxygens (including phenoxy) is 2. The minimum atomic E-state index is -0.970. The van der Waals surface area contributed by atoms with Crippen LogP contribution in [0, 0.1) is 5.92 Å². The molecule has 218 valence electrons. The van der Waals surface area contributed by atoms with Crippen LogP contribution < -0.4 is 11.5 Å². The van der Waals surface area contributed by atoms with Gasteiger partial charge in [0.1, 0.15) is 12.2 Å². The second-order valence-electron chi connectivity index (χ2n) is 11.1. The fraction of sp³-hybridized carbons (Fsp3) is 0.250. The van der Waals surface area contributed by atoms with Gasteiger partial charge in [0, 0.05) is 6.42 Å². The Bertz CT molecular complexity index is 1580. The highest BCUT2D eigenvalue weighted by Gasteiger charge is 2.36. The number of hydrogen-bond acceptors (Lipinski definition) is 7. The van der Waals surface area contributed by atoms with Gasteiger partial charge in [0.25, 0.3) is 0 Å². The third-order valence-corrected chi connectivity index (χ3v) is 8.55. The van der Waals surface area contributed by atoms with Gasteiger partial charge in [0.15, 0.2) is 12.5 Å². The lowest BCUT2D eigenvalue weighted by molar-refractivity contribution is -0.155. The minimum Gasteiger partial charge on any atom is -0.446 e. The Morgan fingerprint density at radius 3 is 1.44 bits per heavy atom. The van der Waals surface area contributed by atoms with Crippen LogP contribution in [-0.4, -0.2) is 30.7 Å². The molecule has 0 bridgehead atoms. The summed E-state index contributed by atoms with van der Waals surface area (Å²) in [7, 11) is 0. The van der Waals surface area contributed by atoms with E-state index < -0.39 is 30.3 Å². The second-order valence-corrected chi connectivity index (χ2v) is 11.1. The maximum atomic E-state index is 12.9. The predicted molar refractivity (Wildman–Crippen MR) is 164 cm³/mol. The SMILES string of the molecule is NC(OC(=O)CCCCC(C=O)C(=O)OC(N)C1c2ccccc2-c2ccccc21)C1c2ccccc2-c2ccccc21. The molecular weight excluding hydrogens is 540 g/mol.